The van der Waals surface area contributed by atoms with E-state index in [2.05, 4.69) is 15.8 Å². The number of aromatic nitrogens is 1. The van der Waals surface area contributed by atoms with E-state index >= 15 is 0 Å². The lowest BCUT2D eigenvalue weighted by Gasteiger charge is -2.35. The lowest BCUT2D eigenvalue weighted by Crippen LogP contribution is -2.50. The van der Waals surface area contributed by atoms with Gasteiger partial charge in [-0.15, -0.1) is 0 Å². The smallest absolute Gasteiger partial charge is 0.248 e. The normalized spacial score (nSPS) is 11.9. The van der Waals surface area contributed by atoms with Gasteiger partial charge in [0, 0.05) is 40.7 Å². The molecule has 0 bridgehead atoms. The molecule has 0 radical (unpaired) electrons. The van der Waals surface area contributed by atoms with Gasteiger partial charge in [-0.05, 0) is 57.5 Å². The first-order valence-corrected chi connectivity index (χ1v) is 13.2. The Morgan fingerprint density at radius 2 is 1.77 bits per heavy atom. The van der Waals surface area contributed by atoms with E-state index in [1.165, 1.54) is 19.1 Å². The molecule has 1 heterocycles. The van der Waals surface area contributed by atoms with Gasteiger partial charge in [-0.2, -0.15) is 0 Å². The molecule has 3 aromatic rings. The number of amides is 3. The number of hydrogen-bond acceptors (Lipinski definition) is 7. The van der Waals surface area contributed by atoms with Crippen LogP contribution in [0.25, 0.3) is 0 Å². The van der Waals surface area contributed by atoms with E-state index in [9.17, 15) is 14.4 Å². The van der Waals surface area contributed by atoms with E-state index in [4.69, 9.17) is 25.6 Å². The Morgan fingerprint density at radius 3 is 2.35 bits per heavy atom. The summed E-state index contributed by atoms with van der Waals surface area (Å²) in [5, 5.41) is 9.88. The summed E-state index contributed by atoms with van der Waals surface area (Å²) in [6, 6.07) is 12.1. The van der Waals surface area contributed by atoms with Crippen molar-refractivity contribution in [3.63, 3.8) is 0 Å². The number of anilines is 2. The van der Waals surface area contributed by atoms with E-state index < -0.39 is 29.3 Å². The fourth-order valence-corrected chi connectivity index (χ4v) is 4.15. The third-order valence-corrected chi connectivity index (χ3v) is 6.67. The zero-order chi connectivity index (χ0) is 29.4. The average Bonchev–Trinajstić information content (AvgIpc) is 3.34. The molecule has 2 N–H and O–H groups in total. The number of carbonyl (C=O) groups excluding carboxylic acids is 3. The highest BCUT2D eigenvalue weighted by atomic mass is 35.5. The number of benzene rings is 2. The van der Waals surface area contributed by atoms with Gasteiger partial charge in [0.25, 0.3) is 0 Å². The highest BCUT2D eigenvalue weighted by molar-refractivity contribution is 6.30. The van der Waals surface area contributed by atoms with Crippen LogP contribution in [0.5, 0.6) is 11.5 Å². The minimum Gasteiger partial charge on any atom is -0.493 e. The number of hydrogen-bond donors (Lipinski definition) is 2. The van der Waals surface area contributed by atoms with Crippen molar-refractivity contribution in [1.29, 1.82) is 0 Å². The summed E-state index contributed by atoms with van der Waals surface area (Å²) in [6.45, 7) is 7.46. The summed E-state index contributed by atoms with van der Waals surface area (Å²) in [5.41, 5.74) is 0.268. The number of nitrogens with zero attached hydrogens (tertiary/aromatic N) is 2. The maximum Gasteiger partial charge on any atom is 0.248 e. The highest BCUT2D eigenvalue weighted by Gasteiger charge is 2.37. The minimum absolute atomic E-state index is 0.154. The Labute approximate surface area is 238 Å². The molecule has 0 aliphatic carbocycles. The van der Waals surface area contributed by atoms with E-state index in [1.807, 2.05) is 20.8 Å². The summed E-state index contributed by atoms with van der Waals surface area (Å²) in [7, 11) is 2.96. The summed E-state index contributed by atoms with van der Waals surface area (Å²) in [6.07, 6.45) is 0.300. The van der Waals surface area contributed by atoms with Crippen LogP contribution < -0.4 is 25.0 Å². The molecule has 0 fully saturated rings. The largest absolute Gasteiger partial charge is 0.493 e. The van der Waals surface area contributed by atoms with Crippen LogP contribution in [0.1, 0.15) is 57.4 Å². The lowest BCUT2D eigenvalue weighted by molar-refractivity contribution is -0.128. The van der Waals surface area contributed by atoms with Crippen molar-refractivity contribution in [1.82, 2.24) is 10.5 Å². The van der Waals surface area contributed by atoms with Crippen LogP contribution in [-0.2, 0) is 14.4 Å². The quantitative estimate of drug-likeness (QED) is 0.297. The monoisotopic (exact) mass is 570 g/mol. The molecule has 0 aliphatic rings. The molecular weight excluding hydrogens is 536 g/mol. The zero-order valence-corrected chi connectivity index (χ0v) is 24.3. The van der Waals surface area contributed by atoms with Crippen LogP contribution in [0.3, 0.4) is 0 Å². The topological polar surface area (TPSA) is 123 Å². The van der Waals surface area contributed by atoms with Crippen molar-refractivity contribution >= 4 is 40.8 Å². The molecule has 0 saturated heterocycles. The molecule has 40 heavy (non-hydrogen) atoms. The minimum atomic E-state index is -1.16. The molecule has 3 rings (SSSR count). The van der Waals surface area contributed by atoms with E-state index in [0.29, 0.717) is 40.0 Å². The van der Waals surface area contributed by atoms with Gasteiger partial charge in [0.1, 0.15) is 11.8 Å². The van der Waals surface area contributed by atoms with Gasteiger partial charge < -0.3 is 24.6 Å². The molecule has 11 heteroatoms. The number of nitrogens with one attached hydrogen (secondary N) is 2. The van der Waals surface area contributed by atoms with E-state index in [-0.39, 0.29) is 18.7 Å². The molecule has 1 atom stereocenters. The number of rotatable bonds is 12. The Morgan fingerprint density at radius 1 is 1.07 bits per heavy atom. The molecule has 3 amide bonds. The number of aryl methyl sites for hydroxylation is 1. The predicted octanol–water partition coefficient (Wildman–Crippen LogP) is 5.45. The third-order valence-electron chi connectivity index (χ3n) is 6.41. The van der Waals surface area contributed by atoms with Crippen LogP contribution in [0.4, 0.5) is 11.5 Å². The van der Waals surface area contributed by atoms with Crippen molar-refractivity contribution in [3.05, 3.63) is 64.9 Å². The SMILES string of the molecule is CCC(C)(C)NC(=O)[C@@H](c1cccc(OC)c1OC)N(C(=O)CCC(=O)Nc1cc(C)on1)c1ccc(Cl)cc1. The summed E-state index contributed by atoms with van der Waals surface area (Å²) in [5.74, 6) is 0.187. The maximum absolute atomic E-state index is 14.0. The Hall–Kier alpha value is -4.05. The van der Waals surface area contributed by atoms with Crippen LogP contribution in [0, 0.1) is 6.92 Å². The number of carbonyl (C=O) groups is 3. The molecule has 2 aromatic carbocycles. The van der Waals surface area contributed by atoms with Crippen LogP contribution in [-0.4, -0.2) is 42.6 Å². The fraction of sp³-hybridized carbons (Fsp3) is 0.379. The van der Waals surface area contributed by atoms with Crippen LogP contribution >= 0.6 is 11.6 Å². The van der Waals surface area contributed by atoms with Crippen molar-refractivity contribution in [3.8, 4) is 11.5 Å². The van der Waals surface area contributed by atoms with Crippen molar-refractivity contribution in [2.24, 2.45) is 0 Å². The number of methoxy groups -OCH3 is 2. The molecule has 0 spiro atoms. The van der Waals surface area contributed by atoms with Crippen LogP contribution in [0.2, 0.25) is 5.02 Å². The Kier molecular flexibility index (Phi) is 10.2. The van der Waals surface area contributed by atoms with Crippen LogP contribution in [0.15, 0.2) is 53.1 Å². The first-order chi connectivity index (χ1) is 19.0. The number of ether oxygens (including phenoxy) is 2. The molecule has 214 valence electrons. The highest BCUT2D eigenvalue weighted by Crippen LogP contribution is 2.39. The van der Waals surface area contributed by atoms with Gasteiger partial charge in [0.2, 0.25) is 17.7 Å². The van der Waals surface area contributed by atoms with Gasteiger partial charge in [0.15, 0.2) is 17.3 Å². The van der Waals surface area contributed by atoms with Gasteiger partial charge in [-0.25, -0.2) is 0 Å². The summed E-state index contributed by atoms with van der Waals surface area (Å²) >= 11 is 6.14. The van der Waals surface area contributed by atoms with Crippen molar-refractivity contribution in [2.75, 3.05) is 24.4 Å². The van der Waals surface area contributed by atoms with Gasteiger partial charge >= 0.3 is 0 Å². The maximum atomic E-state index is 14.0. The van der Waals surface area contributed by atoms with Gasteiger partial charge in [-0.1, -0.05) is 35.8 Å². The van der Waals surface area contributed by atoms with E-state index in [0.717, 1.165) is 0 Å². The average molecular weight is 571 g/mol. The predicted molar refractivity (Wildman–Crippen MR) is 153 cm³/mol. The van der Waals surface area contributed by atoms with Gasteiger partial charge in [0.05, 0.1) is 14.2 Å². The Balaban J connectivity index is 2.06. The lowest BCUT2D eigenvalue weighted by atomic mass is 9.97. The van der Waals surface area contributed by atoms with Crippen molar-refractivity contribution in [2.45, 2.75) is 58.5 Å². The standard InChI is InChI=1S/C29H35ClN4O6/c1-7-29(3,4)32-28(37)26(21-9-8-10-22(38-5)27(21)39-6)34(20-13-11-19(30)12-14-20)25(36)16-15-24(35)31-23-17-18(2)40-33-23/h8-14,17,26H,7,15-16H2,1-6H3,(H,32,37)(H,31,33,35)/t26-/m1/s1. The number of halogens is 1. The fourth-order valence-electron chi connectivity index (χ4n) is 4.03. The molecule has 0 unspecified atom stereocenters. The third kappa shape index (κ3) is 7.53. The molecule has 10 nitrogen and oxygen atoms in total. The first-order valence-electron chi connectivity index (χ1n) is 12.8. The molecule has 0 saturated carbocycles. The molecule has 1 aromatic heterocycles. The summed E-state index contributed by atoms with van der Waals surface area (Å²) in [4.78, 5) is 41.9. The number of para-hydroxylation sites is 1. The second kappa shape index (κ2) is 13.3. The van der Waals surface area contributed by atoms with Gasteiger partial charge in [-0.3, -0.25) is 19.3 Å². The zero-order valence-electron chi connectivity index (χ0n) is 23.5. The second-order valence-electron chi connectivity index (χ2n) is 9.82. The van der Waals surface area contributed by atoms with E-state index in [1.54, 1.807) is 55.5 Å². The summed E-state index contributed by atoms with van der Waals surface area (Å²) < 4.78 is 16.1. The molecular formula is C29H35ClN4O6. The molecule has 0 aliphatic heterocycles. The first kappa shape index (κ1) is 30.5. The Bertz CT molecular complexity index is 1340. The second-order valence-corrected chi connectivity index (χ2v) is 10.3. The van der Waals surface area contributed by atoms with Crippen molar-refractivity contribution < 1.29 is 28.4 Å².